The summed E-state index contributed by atoms with van der Waals surface area (Å²) in [6.07, 6.45) is -3.97. The zero-order valence-electron chi connectivity index (χ0n) is 9.54. The van der Waals surface area contributed by atoms with Crippen LogP contribution in [0.4, 0.5) is 0 Å². The Kier molecular flexibility index (Phi) is 4.66. The number of rotatable bonds is 4. The van der Waals surface area contributed by atoms with Gasteiger partial charge in [0.05, 0.1) is 25.4 Å². The van der Waals surface area contributed by atoms with E-state index in [1.807, 2.05) is 0 Å². The van der Waals surface area contributed by atoms with Crippen molar-refractivity contribution in [2.75, 3.05) is 19.8 Å². The number of aliphatic hydroxyl groups excluding tert-OH is 4. The van der Waals surface area contributed by atoms with Gasteiger partial charge in [0, 0.05) is 0 Å². The van der Waals surface area contributed by atoms with Gasteiger partial charge in [0.25, 0.3) is 0 Å². The van der Waals surface area contributed by atoms with Crippen LogP contribution in [0.5, 0.6) is 0 Å². The van der Waals surface area contributed by atoms with Crippen molar-refractivity contribution in [3.05, 3.63) is 0 Å². The summed E-state index contributed by atoms with van der Waals surface area (Å²) in [5.41, 5.74) is -0.591. The van der Waals surface area contributed by atoms with Crippen LogP contribution in [-0.4, -0.2) is 70.3 Å². The highest BCUT2D eigenvalue weighted by molar-refractivity contribution is 4.90. The summed E-state index contributed by atoms with van der Waals surface area (Å²) < 4.78 is 10.9. The quantitative estimate of drug-likeness (QED) is 0.462. The molecule has 6 nitrogen and oxygen atoms in total. The molecule has 0 amide bonds. The van der Waals surface area contributed by atoms with Crippen LogP contribution in [0.15, 0.2) is 0 Å². The first-order valence-corrected chi connectivity index (χ1v) is 5.28. The predicted octanol–water partition coefficient (Wildman–Crippen LogP) is -1.74. The lowest BCUT2D eigenvalue weighted by Gasteiger charge is -2.43. The van der Waals surface area contributed by atoms with Crippen molar-refractivity contribution in [1.29, 1.82) is 0 Å². The normalized spacial score (nSPS) is 33.4. The first kappa shape index (κ1) is 13.8. The van der Waals surface area contributed by atoms with Gasteiger partial charge in [0.1, 0.15) is 24.4 Å². The fraction of sp³-hybridized carbons (Fsp3) is 1.00. The minimum atomic E-state index is -1.15. The molecule has 0 aromatic rings. The van der Waals surface area contributed by atoms with Gasteiger partial charge in [-0.2, -0.15) is 0 Å². The van der Waals surface area contributed by atoms with Crippen LogP contribution in [-0.2, 0) is 9.47 Å². The summed E-state index contributed by atoms with van der Waals surface area (Å²) in [5, 5.41) is 36.9. The van der Waals surface area contributed by atoms with E-state index in [2.05, 4.69) is 0 Å². The molecule has 96 valence electrons. The fourth-order valence-corrected chi connectivity index (χ4v) is 1.70. The molecule has 1 saturated heterocycles. The molecule has 1 aliphatic rings. The second-order valence-electron chi connectivity index (χ2n) is 4.62. The van der Waals surface area contributed by atoms with Crippen LogP contribution in [0.2, 0.25) is 0 Å². The summed E-state index contributed by atoms with van der Waals surface area (Å²) in [6.45, 7) is 2.85. The lowest BCUT2D eigenvalue weighted by Crippen LogP contribution is -2.58. The molecule has 0 saturated carbocycles. The van der Waals surface area contributed by atoms with E-state index >= 15 is 0 Å². The SMILES string of the molecule is CC1(C)COC([C@@H](O)CO)C([C@@H](O)CO)O1. The maximum Gasteiger partial charge on any atom is 0.115 e. The highest BCUT2D eigenvalue weighted by Crippen LogP contribution is 2.26. The van der Waals surface area contributed by atoms with Gasteiger partial charge in [-0.1, -0.05) is 0 Å². The third-order valence-corrected chi connectivity index (χ3v) is 2.53. The van der Waals surface area contributed by atoms with Crippen molar-refractivity contribution in [3.8, 4) is 0 Å². The fourth-order valence-electron chi connectivity index (χ4n) is 1.70. The molecule has 0 aliphatic carbocycles. The van der Waals surface area contributed by atoms with E-state index in [9.17, 15) is 10.2 Å². The van der Waals surface area contributed by atoms with Gasteiger partial charge in [-0.05, 0) is 13.8 Å². The topological polar surface area (TPSA) is 99.4 Å². The molecule has 0 radical (unpaired) electrons. The van der Waals surface area contributed by atoms with Gasteiger partial charge in [0.15, 0.2) is 0 Å². The van der Waals surface area contributed by atoms with Crippen molar-refractivity contribution < 1.29 is 29.9 Å². The third-order valence-electron chi connectivity index (χ3n) is 2.53. The summed E-state index contributed by atoms with van der Waals surface area (Å²) in [6, 6.07) is 0. The van der Waals surface area contributed by atoms with Crippen LogP contribution in [0.3, 0.4) is 0 Å². The number of aliphatic hydroxyl groups is 4. The van der Waals surface area contributed by atoms with Crippen LogP contribution in [0.25, 0.3) is 0 Å². The molecule has 0 bridgehead atoms. The molecule has 2 unspecified atom stereocenters. The number of hydrogen-bond acceptors (Lipinski definition) is 6. The Balaban J connectivity index is 2.75. The van der Waals surface area contributed by atoms with Gasteiger partial charge < -0.3 is 29.9 Å². The predicted molar refractivity (Wildman–Crippen MR) is 54.9 cm³/mol. The second kappa shape index (κ2) is 5.39. The highest BCUT2D eigenvalue weighted by atomic mass is 16.6. The first-order valence-electron chi connectivity index (χ1n) is 5.28. The molecule has 1 rings (SSSR count). The van der Waals surface area contributed by atoms with Crippen molar-refractivity contribution in [1.82, 2.24) is 0 Å². The maximum absolute atomic E-state index is 9.58. The molecule has 1 aliphatic heterocycles. The number of ether oxygens (including phenoxy) is 2. The summed E-state index contributed by atoms with van der Waals surface area (Å²) >= 11 is 0. The Morgan fingerprint density at radius 1 is 1.12 bits per heavy atom. The van der Waals surface area contributed by atoms with Crippen molar-refractivity contribution in [2.45, 2.75) is 43.9 Å². The summed E-state index contributed by atoms with van der Waals surface area (Å²) in [7, 11) is 0. The lowest BCUT2D eigenvalue weighted by molar-refractivity contribution is -0.266. The number of hydrogen-bond donors (Lipinski definition) is 4. The summed E-state index contributed by atoms with van der Waals surface area (Å²) in [4.78, 5) is 0. The Hall–Kier alpha value is -0.240. The Bertz CT molecular complexity index is 219. The lowest BCUT2D eigenvalue weighted by atomic mass is 9.99. The van der Waals surface area contributed by atoms with Crippen LogP contribution in [0, 0.1) is 0 Å². The molecule has 1 fully saturated rings. The van der Waals surface area contributed by atoms with Gasteiger partial charge in [-0.3, -0.25) is 0 Å². The van der Waals surface area contributed by atoms with Crippen molar-refractivity contribution >= 4 is 0 Å². The van der Waals surface area contributed by atoms with E-state index in [1.54, 1.807) is 13.8 Å². The van der Waals surface area contributed by atoms with Gasteiger partial charge in [-0.15, -0.1) is 0 Å². The molecule has 0 aromatic heterocycles. The third kappa shape index (κ3) is 3.13. The molecule has 0 spiro atoms. The van der Waals surface area contributed by atoms with E-state index in [0.717, 1.165) is 0 Å². The van der Waals surface area contributed by atoms with Gasteiger partial charge >= 0.3 is 0 Å². The maximum atomic E-state index is 9.58. The van der Waals surface area contributed by atoms with Crippen molar-refractivity contribution in [3.63, 3.8) is 0 Å². The highest BCUT2D eigenvalue weighted by Gasteiger charge is 2.43. The molecular formula is C10H20O6. The van der Waals surface area contributed by atoms with E-state index in [4.69, 9.17) is 19.7 Å². The molecule has 16 heavy (non-hydrogen) atoms. The largest absolute Gasteiger partial charge is 0.394 e. The average Bonchev–Trinajstić information content (AvgIpc) is 2.25. The van der Waals surface area contributed by atoms with E-state index < -0.39 is 43.2 Å². The zero-order valence-corrected chi connectivity index (χ0v) is 9.54. The Morgan fingerprint density at radius 2 is 1.62 bits per heavy atom. The standard InChI is InChI=1S/C10H20O6/c1-10(2)5-15-8(6(13)3-11)9(16-10)7(14)4-12/h6-9,11-14H,3-5H2,1-2H3/t6-,7-,8?,9?/m0/s1. The van der Waals surface area contributed by atoms with Gasteiger partial charge in [-0.25, -0.2) is 0 Å². The molecule has 4 atom stereocenters. The van der Waals surface area contributed by atoms with Crippen molar-refractivity contribution in [2.24, 2.45) is 0 Å². The molecule has 0 aromatic carbocycles. The van der Waals surface area contributed by atoms with Crippen LogP contribution in [0.1, 0.15) is 13.8 Å². The summed E-state index contributed by atoms with van der Waals surface area (Å²) in [5.74, 6) is 0. The van der Waals surface area contributed by atoms with Gasteiger partial charge in [0.2, 0.25) is 0 Å². The monoisotopic (exact) mass is 236 g/mol. The van der Waals surface area contributed by atoms with E-state index in [1.165, 1.54) is 0 Å². The minimum absolute atomic E-state index is 0.253. The van der Waals surface area contributed by atoms with E-state index in [-0.39, 0.29) is 6.61 Å². The zero-order chi connectivity index (χ0) is 12.3. The first-order chi connectivity index (χ1) is 7.41. The Morgan fingerprint density at radius 3 is 2.12 bits per heavy atom. The molecule has 1 heterocycles. The minimum Gasteiger partial charge on any atom is -0.394 e. The van der Waals surface area contributed by atoms with Crippen LogP contribution < -0.4 is 0 Å². The molecule has 6 heteroatoms. The Labute approximate surface area is 94.4 Å². The average molecular weight is 236 g/mol. The second-order valence-corrected chi connectivity index (χ2v) is 4.62. The molecule has 4 N–H and O–H groups in total. The molecular weight excluding hydrogens is 216 g/mol. The van der Waals surface area contributed by atoms with Crippen LogP contribution >= 0.6 is 0 Å². The smallest absolute Gasteiger partial charge is 0.115 e. The van der Waals surface area contributed by atoms with E-state index in [0.29, 0.717) is 0 Å².